The summed E-state index contributed by atoms with van der Waals surface area (Å²) in [6.07, 6.45) is 3.78. The summed E-state index contributed by atoms with van der Waals surface area (Å²) >= 11 is 3.40. The van der Waals surface area contributed by atoms with Gasteiger partial charge in [-0.2, -0.15) is 5.10 Å². The number of amides is 1. The number of carbonyl (C=O) groups is 1. The van der Waals surface area contributed by atoms with Crippen molar-refractivity contribution in [2.24, 2.45) is 0 Å². The van der Waals surface area contributed by atoms with Crippen LogP contribution in [-0.4, -0.2) is 15.7 Å². The normalized spacial score (nSPS) is 17.4. The summed E-state index contributed by atoms with van der Waals surface area (Å²) in [4.78, 5) is 12.6. The van der Waals surface area contributed by atoms with Crippen LogP contribution >= 0.6 is 15.9 Å². The minimum absolute atomic E-state index is 0.0796. The molecular weight excluding hydrogens is 342 g/mol. The van der Waals surface area contributed by atoms with E-state index in [0.29, 0.717) is 10.2 Å². The fraction of sp³-hybridized carbons (Fsp3) is 0.412. The Kier molecular flexibility index (Phi) is 3.85. The van der Waals surface area contributed by atoms with Gasteiger partial charge in [0.2, 0.25) is 0 Å². The standard InChI is InChI=1S/C17H20BrN3O/c1-17(2,3)21-10-13(15(18)20-21)16(22)19-14-9-8-11-6-4-5-7-12(11)14/h4-7,10,14H,8-9H2,1-3H3,(H,19,22)/t14-/m0/s1. The Morgan fingerprint density at radius 2 is 2.09 bits per heavy atom. The highest BCUT2D eigenvalue weighted by Crippen LogP contribution is 2.31. The lowest BCUT2D eigenvalue weighted by molar-refractivity contribution is 0.0936. The molecule has 0 unspecified atom stereocenters. The maximum atomic E-state index is 12.6. The largest absolute Gasteiger partial charge is 0.345 e. The third kappa shape index (κ3) is 2.82. The minimum atomic E-state index is -0.152. The van der Waals surface area contributed by atoms with Crippen LogP contribution in [0.25, 0.3) is 0 Å². The number of aromatic nitrogens is 2. The van der Waals surface area contributed by atoms with Gasteiger partial charge in [-0.05, 0) is 60.7 Å². The van der Waals surface area contributed by atoms with Crippen LogP contribution in [0.2, 0.25) is 0 Å². The molecule has 0 bridgehead atoms. The van der Waals surface area contributed by atoms with Crippen LogP contribution in [0.5, 0.6) is 0 Å². The van der Waals surface area contributed by atoms with Crippen LogP contribution < -0.4 is 5.32 Å². The quantitative estimate of drug-likeness (QED) is 0.883. The first-order valence-corrected chi connectivity index (χ1v) is 8.30. The molecule has 0 saturated carbocycles. The molecule has 1 aliphatic rings. The first-order valence-electron chi connectivity index (χ1n) is 7.50. The molecule has 1 aliphatic carbocycles. The molecule has 4 nitrogen and oxygen atoms in total. The van der Waals surface area contributed by atoms with Crippen molar-refractivity contribution in [3.63, 3.8) is 0 Å². The molecule has 2 aromatic rings. The molecule has 1 atom stereocenters. The van der Waals surface area contributed by atoms with Gasteiger partial charge in [0, 0.05) is 6.20 Å². The monoisotopic (exact) mass is 361 g/mol. The lowest BCUT2D eigenvalue weighted by Gasteiger charge is -2.18. The summed E-state index contributed by atoms with van der Waals surface area (Å²) in [5.74, 6) is -0.0796. The van der Waals surface area contributed by atoms with Crippen LogP contribution in [-0.2, 0) is 12.0 Å². The first kappa shape index (κ1) is 15.3. The van der Waals surface area contributed by atoms with Gasteiger partial charge in [0.05, 0.1) is 17.1 Å². The molecule has 5 heteroatoms. The summed E-state index contributed by atoms with van der Waals surface area (Å²) in [6, 6.07) is 8.40. The second kappa shape index (κ2) is 5.54. The van der Waals surface area contributed by atoms with E-state index < -0.39 is 0 Å². The topological polar surface area (TPSA) is 46.9 Å². The molecule has 22 heavy (non-hydrogen) atoms. The summed E-state index contributed by atoms with van der Waals surface area (Å²) in [5, 5.41) is 7.53. The Morgan fingerprint density at radius 1 is 1.36 bits per heavy atom. The predicted molar refractivity (Wildman–Crippen MR) is 89.9 cm³/mol. The Bertz CT molecular complexity index is 715. The van der Waals surface area contributed by atoms with Crippen molar-refractivity contribution in [1.29, 1.82) is 0 Å². The van der Waals surface area contributed by atoms with Crippen molar-refractivity contribution in [3.05, 3.63) is 51.8 Å². The molecule has 0 saturated heterocycles. The molecular formula is C17H20BrN3O. The van der Waals surface area contributed by atoms with Crippen molar-refractivity contribution in [3.8, 4) is 0 Å². The highest BCUT2D eigenvalue weighted by Gasteiger charge is 2.26. The van der Waals surface area contributed by atoms with Gasteiger partial charge in [-0.15, -0.1) is 0 Å². The Hall–Kier alpha value is -1.62. The third-order valence-electron chi connectivity index (χ3n) is 4.04. The van der Waals surface area contributed by atoms with Gasteiger partial charge in [0.25, 0.3) is 5.91 Å². The van der Waals surface area contributed by atoms with Crippen LogP contribution in [0.3, 0.4) is 0 Å². The second-order valence-electron chi connectivity index (χ2n) is 6.71. The smallest absolute Gasteiger partial charge is 0.256 e. The number of rotatable bonds is 2. The van der Waals surface area contributed by atoms with E-state index in [2.05, 4.69) is 59.2 Å². The molecule has 1 aromatic carbocycles. The van der Waals surface area contributed by atoms with Gasteiger partial charge >= 0.3 is 0 Å². The van der Waals surface area contributed by atoms with Crippen LogP contribution in [0.4, 0.5) is 0 Å². The number of benzene rings is 1. The summed E-state index contributed by atoms with van der Waals surface area (Å²) in [6.45, 7) is 6.17. The van der Waals surface area contributed by atoms with E-state index >= 15 is 0 Å². The zero-order chi connectivity index (χ0) is 15.9. The van der Waals surface area contributed by atoms with Gasteiger partial charge < -0.3 is 5.32 Å². The van der Waals surface area contributed by atoms with E-state index in [-0.39, 0.29) is 17.5 Å². The fourth-order valence-corrected chi connectivity index (χ4v) is 3.25. The molecule has 1 amide bonds. The molecule has 0 fully saturated rings. The Balaban J connectivity index is 1.80. The lowest BCUT2D eigenvalue weighted by Crippen LogP contribution is -2.27. The molecule has 116 valence electrons. The van der Waals surface area contributed by atoms with Gasteiger partial charge in [-0.1, -0.05) is 24.3 Å². The molecule has 0 aliphatic heterocycles. The molecule has 0 spiro atoms. The molecule has 1 heterocycles. The van der Waals surface area contributed by atoms with E-state index in [1.807, 2.05) is 16.8 Å². The first-order chi connectivity index (χ1) is 10.4. The molecule has 1 aromatic heterocycles. The van der Waals surface area contributed by atoms with Crippen LogP contribution in [0.1, 0.15) is 54.7 Å². The Morgan fingerprint density at radius 3 is 2.77 bits per heavy atom. The Labute approximate surface area is 139 Å². The van der Waals surface area contributed by atoms with Crippen LogP contribution in [0.15, 0.2) is 35.1 Å². The van der Waals surface area contributed by atoms with E-state index in [0.717, 1.165) is 12.8 Å². The van der Waals surface area contributed by atoms with Crippen molar-refractivity contribution in [2.75, 3.05) is 0 Å². The number of hydrogen-bond acceptors (Lipinski definition) is 2. The summed E-state index contributed by atoms with van der Waals surface area (Å²) in [5.41, 5.74) is 2.99. The van der Waals surface area contributed by atoms with E-state index in [4.69, 9.17) is 0 Å². The average molecular weight is 362 g/mol. The van der Waals surface area contributed by atoms with Crippen LogP contribution in [0, 0.1) is 0 Å². The van der Waals surface area contributed by atoms with Gasteiger partial charge in [0.1, 0.15) is 4.60 Å². The van der Waals surface area contributed by atoms with E-state index in [1.54, 1.807) is 6.20 Å². The SMILES string of the molecule is CC(C)(C)n1cc(C(=O)N[C@H]2CCc3ccccc32)c(Br)n1. The highest BCUT2D eigenvalue weighted by atomic mass is 79.9. The maximum Gasteiger partial charge on any atom is 0.256 e. The maximum absolute atomic E-state index is 12.6. The average Bonchev–Trinajstić information content (AvgIpc) is 3.03. The second-order valence-corrected chi connectivity index (χ2v) is 7.46. The van der Waals surface area contributed by atoms with Crippen molar-refractivity contribution in [1.82, 2.24) is 15.1 Å². The highest BCUT2D eigenvalue weighted by molar-refractivity contribution is 9.10. The van der Waals surface area contributed by atoms with Gasteiger partial charge in [0.15, 0.2) is 0 Å². The van der Waals surface area contributed by atoms with Crippen molar-refractivity contribution < 1.29 is 4.79 Å². The number of fused-ring (bicyclic) bond motifs is 1. The number of nitrogens with one attached hydrogen (secondary N) is 1. The third-order valence-corrected chi connectivity index (χ3v) is 4.63. The zero-order valence-corrected chi connectivity index (χ0v) is 14.6. The minimum Gasteiger partial charge on any atom is -0.345 e. The van der Waals surface area contributed by atoms with Gasteiger partial charge in [-0.3, -0.25) is 9.48 Å². The molecule has 3 rings (SSSR count). The van der Waals surface area contributed by atoms with E-state index in [9.17, 15) is 4.79 Å². The van der Waals surface area contributed by atoms with Crippen molar-refractivity contribution in [2.45, 2.75) is 45.2 Å². The number of aryl methyl sites for hydroxylation is 1. The summed E-state index contributed by atoms with van der Waals surface area (Å²) < 4.78 is 2.40. The number of hydrogen-bond donors (Lipinski definition) is 1. The molecule has 0 radical (unpaired) electrons. The number of nitrogens with zero attached hydrogens (tertiary/aromatic N) is 2. The van der Waals surface area contributed by atoms with Crippen molar-refractivity contribution >= 4 is 21.8 Å². The van der Waals surface area contributed by atoms with Gasteiger partial charge in [-0.25, -0.2) is 0 Å². The fourth-order valence-electron chi connectivity index (χ4n) is 2.79. The molecule has 1 N–H and O–H groups in total. The van der Waals surface area contributed by atoms with E-state index in [1.165, 1.54) is 11.1 Å². The predicted octanol–water partition coefficient (Wildman–Crippen LogP) is 3.82. The number of halogens is 1. The zero-order valence-electron chi connectivity index (χ0n) is 13.1. The summed E-state index contributed by atoms with van der Waals surface area (Å²) in [7, 11) is 0. The number of carbonyl (C=O) groups excluding carboxylic acids is 1. The lowest BCUT2D eigenvalue weighted by atomic mass is 10.1.